The second-order valence-corrected chi connectivity index (χ2v) is 2.63. The standard InChI is InChI=1S/C8H9NO3/c1-5-3-4-7(10)6(2)8(5)9(11)12/h3-4,10H,1-2H3. The van der Waals surface area contributed by atoms with Crippen LogP contribution in [0.25, 0.3) is 0 Å². The van der Waals surface area contributed by atoms with Gasteiger partial charge in [0.15, 0.2) is 0 Å². The van der Waals surface area contributed by atoms with Crippen LogP contribution in [0.15, 0.2) is 12.1 Å². The lowest BCUT2D eigenvalue weighted by molar-refractivity contribution is -0.386. The highest BCUT2D eigenvalue weighted by Crippen LogP contribution is 2.29. The Labute approximate surface area is 69.6 Å². The van der Waals surface area contributed by atoms with Gasteiger partial charge in [-0.2, -0.15) is 0 Å². The van der Waals surface area contributed by atoms with Crippen molar-refractivity contribution >= 4 is 5.69 Å². The van der Waals surface area contributed by atoms with E-state index in [4.69, 9.17) is 5.11 Å². The minimum absolute atomic E-state index is 0.00463. The van der Waals surface area contributed by atoms with Crippen molar-refractivity contribution in [3.05, 3.63) is 33.4 Å². The quantitative estimate of drug-likeness (QED) is 0.513. The van der Waals surface area contributed by atoms with E-state index in [1.54, 1.807) is 6.92 Å². The molecule has 0 heterocycles. The zero-order chi connectivity index (χ0) is 9.30. The van der Waals surface area contributed by atoms with Crippen molar-refractivity contribution in [2.75, 3.05) is 0 Å². The number of rotatable bonds is 1. The van der Waals surface area contributed by atoms with Crippen LogP contribution in [0.5, 0.6) is 5.75 Å². The fourth-order valence-corrected chi connectivity index (χ4v) is 1.11. The molecule has 0 aliphatic carbocycles. The highest BCUT2D eigenvalue weighted by Gasteiger charge is 2.16. The van der Waals surface area contributed by atoms with Gasteiger partial charge >= 0.3 is 0 Å². The highest BCUT2D eigenvalue weighted by molar-refractivity contribution is 5.52. The smallest absolute Gasteiger partial charge is 0.278 e. The van der Waals surface area contributed by atoms with Gasteiger partial charge in [-0.1, -0.05) is 0 Å². The first-order valence-electron chi connectivity index (χ1n) is 3.47. The van der Waals surface area contributed by atoms with Crippen molar-refractivity contribution < 1.29 is 10.0 Å². The minimum Gasteiger partial charge on any atom is -0.507 e. The monoisotopic (exact) mass is 167 g/mol. The molecule has 0 fully saturated rings. The summed E-state index contributed by atoms with van der Waals surface area (Å²) in [7, 11) is 0. The fourth-order valence-electron chi connectivity index (χ4n) is 1.11. The van der Waals surface area contributed by atoms with Gasteiger partial charge in [-0.25, -0.2) is 0 Å². The van der Waals surface area contributed by atoms with Crippen molar-refractivity contribution in [1.82, 2.24) is 0 Å². The molecule has 4 nitrogen and oxygen atoms in total. The second-order valence-electron chi connectivity index (χ2n) is 2.63. The molecular formula is C8H9NO3. The Hall–Kier alpha value is -1.58. The van der Waals surface area contributed by atoms with Crippen LogP contribution < -0.4 is 0 Å². The van der Waals surface area contributed by atoms with Gasteiger partial charge in [0.05, 0.1) is 10.5 Å². The third-order valence-electron chi connectivity index (χ3n) is 1.79. The summed E-state index contributed by atoms with van der Waals surface area (Å²) in [5.41, 5.74) is 0.880. The number of nitro benzene ring substituents is 1. The molecule has 0 saturated carbocycles. The van der Waals surface area contributed by atoms with Gasteiger partial charge in [0.2, 0.25) is 0 Å². The van der Waals surface area contributed by atoms with Gasteiger partial charge in [0.25, 0.3) is 5.69 Å². The van der Waals surface area contributed by atoms with Gasteiger partial charge in [0.1, 0.15) is 5.75 Å². The summed E-state index contributed by atoms with van der Waals surface area (Å²) in [5, 5.41) is 19.7. The van der Waals surface area contributed by atoms with Crippen LogP contribution in [0.2, 0.25) is 0 Å². The molecule has 0 aliphatic heterocycles. The van der Waals surface area contributed by atoms with Crippen LogP contribution in [0, 0.1) is 24.0 Å². The molecule has 0 atom stereocenters. The van der Waals surface area contributed by atoms with Crippen LogP contribution in [0.4, 0.5) is 5.69 Å². The van der Waals surface area contributed by atoms with E-state index in [1.165, 1.54) is 19.1 Å². The number of aromatic hydroxyl groups is 1. The lowest BCUT2D eigenvalue weighted by atomic mass is 10.1. The Morgan fingerprint density at radius 3 is 2.42 bits per heavy atom. The maximum atomic E-state index is 10.5. The van der Waals surface area contributed by atoms with Crippen molar-refractivity contribution in [1.29, 1.82) is 0 Å². The average molecular weight is 167 g/mol. The molecule has 0 saturated heterocycles. The van der Waals surface area contributed by atoms with Crippen LogP contribution in [-0.2, 0) is 0 Å². The van der Waals surface area contributed by atoms with E-state index in [-0.39, 0.29) is 11.4 Å². The number of nitrogens with zero attached hydrogens (tertiary/aromatic N) is 1. The topological polar surface area (TPSA) is 63.4 Å². The van der Waals surface area contributed by atoms with Gasteiger partial charge in [-0.3, -0.25) is 10.1 Å². The van der Waals surface area contributed by atoms with Gasteiger partial charge in [-0.15, -0.1) is 0 Å². The summed E-state index contributed by atoms with van der Waals surface area (Å²) in [6, 6.07) is 2.98. The lowest BCUT2D eigenvalue weighted by Gasteiger charge is -2.01. The second kappa shape index (κ2) is 2.81. The Kier molecular flexibility index (Phi) is 1.99. The molecule has 0 unspecified atom stereocenters. The predicted molar refractivity (Wildman–Crippen MR) is 44.2 cm³/mol. The number of phenolic OH excluding ortho intramolecular Hbond substituents is 1. The summed E-state index contributed by atoms with van der Waals surface area (Å²) in [6.07, 6.45) is 0. The lowest BCUT2D eigenvalue weighted by Crippen LogP contribution is -1.94. The Morgan fingerprint density at radius 1 is 1.42 bits per heavy atom. The molecule has 0 bridgehead atoms. The molecule has 0 radical (unpaired) electrons. The summed E-state index contributed by atoms with van der Waals surface area (Å²) >= 11 is 0. The third kappa shape index (κ3) is 1.23. The number of hydrogen-bond acceptors (Lipinski definition) is 3. The molecule has 12 heavy (non-hydrogen) atoms. The summed E-state index contributed by atoms with van der Waals surface area (Å²) < 4.78 is 0. The number of phenols is 1. The Balaban J connectivity index is 3.43. The van der Waals surface area contributed by atoms with E-state index < -0.39 is 4.92 Å². The maximum absolute atomic E-state index is 10.5. The van der Waals surface area contributed by atoms with Crippen LogP contribution in [0.1, 0.15) is 11.1 Å². The fraction of sp³-hybridized carbons (Fsp3) is 0.250. The third-order valence-corrected chi connectivity index (χ3v) is 1.79. The summed E-state index contributed by atoms with van der Waals surface area (Å²) in [4.78, 5) is 10.0. The van der Waals surface area contributed by atoms with Crippen molar-refractivity contribution in [2.24, 2.45) is 0 Å². The number of hydrogen-bond donors (Lipinski definition) is 1. The summed E-state index contributed by atoms with van der Waals surface area (Å²) in [5.74, 6) is -0.0349. The van der Waals surface area contributed by atoms with E-state index in [0.717, 1.165) is 0 Å². The SMILES string of the molecule is Cc1ccc(O)c(C)c1[N+](=O)[O-]. The molecular weight excluding hydrogens is 158 g/mol. The molecule has 1 rings (SSSR count). The van der Waals surface area contributed by atoms with E-state index in [9.17, 15) is 10.1 Å². The van der Waals surface area contributed by atoms with Crippen LogP contribution >= 0.6 is 0 Å². The minimum atomic E-state index is -0.482. The molecule has 4 heteroatoms. The largest absolute Gasteiger partial charge is 0.507 e. The van der Waals surface area contributed by atoms with Crippen LogP contribution in [-0.4, -0.2) is 10.0 Å². The molecule has 1 N–H and O–H groups in total. The summed E-state index contributed by atoms with van der Waals surface area (Å²) in [6.45, 7) is 3.17. The van der Waals surface area contributed by atoms with Gasteiger partial charge in [-0.05, 0) is 26.0 Å². The number of benzene rings is 1. The molecule has 0 amide bonds. The van der Waals surface area contributed by atoms with Gasteiger partial charge < -0.3 is 5.11 Å². The predicted octanol–water partition coefficient (Wildman–Crippen LogP) is 1.92. The Bertz CT molecular complexity index is 333. The molecule has 64 valence electrons. The van der Waals surface area contributed by atoms with E-state index in [2.05, 4.69) is 0 Å². The van der Waals surface area contributed by atoms with E-state index in [0.29, 0.717) is 11.1 Å². The number of aryl methyl sites for hydroxylation is 1. The molecule has 1 aromatic carbocycles. The molecule has 1 aromatic rings. The highest BCUT2D eigenvalue weighted by atomic mass is 16.6. The van der Waals surface area contributed by atoms with Gasteiger partial charge in [0, 0.05) is 5.56 Å². The van der Waals surface area contributed by atoms with E-state index >= 15 is 0 Å². The molecule has 0 spiro atoms. The zero-order valence-corrected chi connectivity index (χ0v) is 6.87. The average Bonchev–Trinajstić information content (AvgIpc) is 1.97. The first kappa shape index (κ1) is 8.52. The van der Waals surface area contributed by atoms with E-state index in [1.807, 2.05) is 0 Å². The Morgan fingerprint density at radius 2 is 2.00 bits per heavy atom. The first-order chi connectivity index (χ1) is 5.54. The number of nitro groups is 1. The normalized spacial score (nSPS) is 9.83. The molecule has 0 aliphatic rings. The maximum Gasteiger partial charge on any atom is 0.278 e. The van der Waals surface area contributed by atoms with Crippen LogP contribution in [0.3, 0.4) is 0 Å². The van der Waals surface area contributed by atoms with Crippen molar-refractivity contribution in [3.8, 4) is 5.75 Å². The van der Waals surface area contributed by atoms with Crippen molar-refractivity contribution in [2.45, 2.75) is 13.8 Å². The van der Waals surface area contributed by atoms with Crippen molar-refractivity contribution in [3.63, 3.8) is 0 Å². The zero-order valence-electron chi connectivity index (χ0n) is 6.87. The first-order valence-corrected chi connectivity index (χ1v) is 3.47. The molecule has 0 aromatic heterocycles.